The first-order valence-electron chi connectivity index (χ1n) is 10.2. The molecule has 0 amide bonds. The van der Waals surface area contributed by atoms with Gasteiger partial charge in [0.15, 0.2) is 0 Å². The predicted molar refractivity (Wildman–Crippen MR) is 111 cm³/mol. The van der Waals surface area contributed by atoms with Crippen molar-refractivity contribution in [2.24, 2.45) is 17.8 Å². The number of rotatable bonds is 15. The van der Waals surface area contributed by atoms with E-state index < -0.39 is 0 Å². The third-order valence-electron chi connectivity index (χ3n) is 4.89. The largest absolute Gasteiger partial charge is 0.158 e. The van der Waals surface area contributed by atoms with Gasteiger partial charge in [-0.15, -0.1) is 0 Å². The predicted octanol–water partition coefficient (Wildman–Crippen LogP) is 8.12. The molecule has 1 heteroatoms. The molecule has 0 aliphatic heterocycles. The minimum absolute atomic E-state index is 0.875. The summed E-state index contributed by atoms with van der Waals surface area (Å²) in [5, 5.41) is 0. The molecule has 0 aromatic carbocycles. The van der Waals surface area contributed by atoms with E-state index in [4.69, 9.17) is 0 Å². The highest BCUT2D eigenvalue weighted by atomic mass is 32.2. The zero-order valence-electron chi connectivity index (χ0n) is 17.0. The van der Waals surface area contributed by atoms with Crippen molar-refractivity contribution < 1.29 is 0 Å². The van der Waals surface area contributed by atoms with E-state index in [9.17, 15) is 0 Å². The van der Waals surface area contributed by atoms with Crippen molar-refractivity contribution in [1.29, 1.82) is 0 Å². The monoisotopic (exact) mass is 340 g/mol. The highest BCUT2D eigenvalue weighted by molar-refractivity contribution is 7.99. The van der Waals surface area contributed by atoms with E-state index in [0.717, 1.165) is 17.8 Å². The van der Waals surface area contributed by atoms with Gasteiger partial charge >= 0.3 is 0 Å². The lowest BCUT2D eigenvalue weighted by atomic mass is 9.91. The van der Waals surface area contributed by atoms with Gasteiger partial charge in [-0.3, -0.25) is 0 Å². The van der Waals surface area contributed by atoms with Crippen LogP contribution in [0.3, 0.4) is 0 Å². The maximum absolute atomic E-state index is 2.45. The van der Waals surface area contributed by atoms with Crippen LogP contribution in [-0.4, -0.2) is 11.5 Å². The van der Waals surface area contributed by atoms with E-state index in [1.165, 1.54) is 69.3 Å². The van der Waals surface area contributed by atoms with Gasteiger partial charge in [-0.2, -0.15) is 11.8 Å². The molecule has 0 spiro atoms. The third kappa shape index (κ3) is 16.7. The molecule has 0 aromatic heterocycles. The van der Waals surface area contributed by atoms with E-state index in [1.54, 1.807) is 5.57 Å². The smallest absolute Gasteiger partial charge is 0.0115 e. The molecule has 0 aromatic rings. The van der Waals surface area contributed by atoms with Crippen molar-refractivity contribution in [3.63, 3.8) is 0 Å². The zero-order chi connectivity index (χ0) is 17.5. The molecule has 0 fully saturated rings. The van der Waals surface area contributed by atoms with Crippen molar-refractivity contribution in [1.82, 2.24) is 0 Å². The van der Waals surface area contributed by atoms with E-state index in [0.29, 0.717) is 0 Å². The SMILES string of the molecule is CCSCC=C(C)CCCC(C)CCCC(C)CCCC(C)C. The first kappa shape index (κ1) is 23.1. The summed E-state index contributed by atoms with van der Waals surface area (Å²) in [5.74, 6) is 5.15. The number of hydrogen-bond acceptors (Lipinski definition) is 1. The normalized spacial score (nSPS) is 15.2. The first-order chi connectivity index (χ1) is 11.0. The van der Waals surface area contributed by atoms with E-state index >= 15 is 0 Å². The van der Waals surface area contributed by atoms with Gasteiger partial charge in [0.25, 0.3) is 0 Å². The third-order valence-corrected chi connectivity index (χ3v) is 5.70. The van der Waals surface area contributed by atoms with Crippen LogP contribution in [0.4, 0.5) is 0 Å². The van der Waals surface area contributed by atoms with Gasteiger partial charge in [0.05, 0.1) is 0 Å². The molecule has 2 unspecified atom stereocenters. The molecule has 2 atom stereocenters. The maximum atomic E-state index is 2.45. The maximum Gasteiger partial charge on any atom is 0.0115 e. The number of thioether (sulfide) groups is 1. The first-order valence-corrected chi connectivity index (χ1v) is 11.3. The molecule has 0 rings (SSSR count). The second-order valence-electron chi connectivity index (χ2n) is 8.07. The highest BCUT2D eigenvalue weighted by Crippen LogP contribution is 2.22. The lowest BCUT2D eigenvalue weighted by Gasteiger charge is -2.15. The molecule has 0 heterocycles. The van der Waals surface area contributed by atoms with Crippen molar-refractivity contribution in [2.45, 2.75) is 99.3 Å². The topological polar surface area (TPSA) is 0 Å². The number of allylic oxidation sites excluding steroid dienone is 1. The summed E-state index contributed by atoms with van der Waals surface area (Å²) in [6.45, 7) is 14.1. The average molecular weight is 341 g/mol. The Balaban J connectivity index is 3.56. The van der Waals surface area contributed by atoms with Crippen LogP contribution in [0.2, 0.25) is 0 Å². The fourth-order valence-electron chi connectivity index (χ4n) is 3.13. The second-order valence-corrected chi connectivity index (χ2v) is 9.39. The van der Waals surface area contributed by atoms with Gasteiger partial charge in [-0.05, 0) is 43.3 Å². The Kier molecular flexibility index (Phi) is 15.7. The summed E-state index contributed by atoms with van der Waals surface area (Å²) in [6, 6.07) is 0. The molecule has 0 radical (unpaired) electrons. The van der Waals surface area contributed by atoms with Gasteiger partial charge < -0.3 is 0 Å². The molecular weight excluding hydrogens is 296 g/mol. The highest BCUT2D eigenvalue weighted by Gasteiger charge is 2.06. The van der Waals surface area contributed by atoms with Gasteiger partial charge in [-0.1, -0.05) is 91.2 Å². The van der Waals surface area contributed by atoms with E-state index in [1.807, 2.05) is 11.8 Å². The molecule has 0 bridgehead atoms. The van der Waals surface area contributed by atoms with Crippen LogP contribution in [0.1, 0.15) is 99.3 Å². The number of hydrogen-bond donors (Lipinski definition) is 0. The van der Waals surface area contributed by atoms with Crippen LogP contribution in [0.25, 0.3) is 0 Å². The Bertz CT molecular complexity index is 280. The van der Waals surface area contributed by atoms with Crippen molar-refractivity contribution in [3.05, 3.63) is 11.6 Å². The standard InChI is InChI=1S/C22H44S/c1-7-23-18-17-22(6)16-10-15-21(5)14-9-13-20(4)12-8-11-19(2)3/h17,19-21H,7-16,18H2,1-6H3. The fourth-order valence-corrected chi connectivity index (χ4v) is 3.77. The van der Waals surface area contributed by atoms with Crippen molar-refractivity contribution >= 4 is 11.8 Å². The van der Waals surface area contributed by atoms with Gasteiger partial charge in [0.1, 0.15) is 0 Å². The van der Waals surface area contributed by atoms with E-state index in [2.05, 4.69) is 47.6 Å². The second kappa shape index (κ2) is 15.6. The summed E-state index contributed by atoms with van der Waals surface area (Å²) in [6.07, 6.45) is 15.1. The summed E-state index contributed by atoms with van der Waals surface area (Å²) < 4.78 is 0. The zero-order valence-corrected chi connectivity index (χ0v) is 17.8. The Labute approximate surface area is 152 Å². The summed E-state index contributed by atoms with van der Waals surface area (Å²) in [5.41, 5.74) is 1.59. The van der Waals surface area contributed by atoms with Crippen LogP contribution in [-0.2, 0) is 0 Å². The quantitative estimate of drug-likeness (QED) is 0.214. The molecule has 0 aliphatic carbocycles. The van der Waals surface area contributed by atoms with Gasteiger partial charge in [0, 0.05) is 5.75 Å². The Morgan fingerprint density at radius 1 is 0.826 bits per heavy atom. The fraction of sp³-hybridized carbons (Fsp3) is 0.909. The molecule has 0 N–H and O–H groups in total. The summed E-state index contributed by atoms with van der Waals surface area (Å²) >= 11 is 2.02. The molecule has 0 nitrogen and oxygen atoms in total. The van der Waals surface area contributed by atoms with Crippen molar-refractivity contribution in [3.8, 4) is 0 Å². The minimum atomic E-state index is 0.875. The van der Waals surface area contributed by atoms with Crippen LogP contribution < -0.4 is 0 Å². The summed E-state index contributed by atoms with van der Waals surface area (Å²) in [7, 11) is 0. The van der Waals surface area contributed by atoms with Crippen LogP contribution in [0, 0.1) is 17.8 Å². The lowest BCUT2D eigenvalue weighted by Crippen LogP contribution is -2.00. The van der Waals surface area contributed by atoms with Gasteiger partial charge in [-0.25, -0.2) is 0 Å². The molecule has 0 aliphatic rings. The minimum Gasteiger partial charge on any atom is -0.158 e. The van der Waals surface area contributed by atoms with Crippen LogP contribution in [0.15, 0.2) is 11.6 Å². The summed E-state index contributed by atoms with van der Waals surface area (Å²) in [4.78, 5) is 0. The lowest BCUT2D eigenvalue weighted by molar-refractivity contribution is 0.389. The van der Waals surface area contributed by atoms with Crippen molar-refractivity contribution in [2.75, 3.05) is 11.5 Å². The van der Waals surface area contributed by atoms with E-state index in [-0.39, 0.29) is 0 Å². The molecule has 0 saturated carbocycles. The Morgan fingerprint density at radius 3 is 1.87 bits per heavy atom. The Morgan fingerprint density at radius 2 is 1.35 bits per heavy atom. The molecule has 0 saturated heterocycles. The Hall–Kier alpha value is 0.0900. The van der Waals surface area contributed by atoms with Crippen LogP contribution >= 0.6 is 11.8 Å². The van der Waals surface area contributed by atoms with Gasteiger partial charge in [0.2, 0.25) is 0 Å². The molecule has 23 heavy (non-hydrogen) atoms. The molecule has 138 valence electrons. The average Bonchev–Trinajstić information content (AvgIpc) is 2.47. The van der Waals surface area contributed by atoms with Crippen LogP contribution in [0.5, 0.6) is 0 Å². The molecular formula is C22H44S.